The first-order chi connectivity index (χ1) is 14.7. The Morgan fingerprint density at radius 2 is 1.44 bits per heavy atom. The lowest BCUT2D eigenvalue weighted by molar-refractivity contribution is -0.193. The van der Waals surface area contributed by atoms with Crippen molar-refractivity contribution in [2.24, 2.45) is 0 Å². The van der Waals surface area contributed by atoms with Gasteiger partial charge in [0.15, 0.2) is 0 Å². The molecule has 0 amide bonds. The molecular formula is C17H22F6N4O5. The summed E-state index contributed by atoms with van der Waals surface area (Å²) in [6.07, 6.45) is -8.54. The van der Waals surface area contributed by atoms with Gasteiger partial charge in [-0.2, -0.15) is 26.3 Å². The molecule has 2 aliphatic rings. The second kappa shape index (κ2) is 11.8. The lowest BCUT2D eigenvalue weighted by Crippen LogP contribution is -2.53. The third-order valence-corrected chi connectivity index (χ3v) is 4.39. The van der Waals surface area contributed by atoms with Crippen LogP contribution in [0.2, 0.25) is 0 Å². The zero-order valence-electron chi connectivity index (χ0n) is 16.5. The van der Waals surface area contributed by atoms with Gasteiger partial charge in [0.05, 0.1) is 6.10 Å². The van der Waals surface area contributed by atoms with E-state index in [-0.39, 0.29) is 12.1 Å². The number of pyridine rings is 1. The molecule has 3 heterocycles. The zero-order valence-corrected chi connectivity index (χ0v) is 16.5. The molecule has 2 fully saturated rings. The van der Waals surface area contributed by atoms with Crippen molar-refractivity contribution >= 4 is 17.8 Å². The lowest BCUT2D eigenvalue weighted by Gasteiger charge is -2.39. The number of hydrogen-bond donors (Lipinski definition) is 4. The van der Waals surface area contributed by atoms with Gasteiger partial charge >= 0.3 is 24.3 Å². The van der Waals surface area contributed by atoms with Crippen LogP contribution in [0.1, 0.15) is 0 Å². The van der Waals surface area contributed by atoms with E-state index in [1.54, 1.807) is 0 Å². The van der Waals surface area contributed by atoms with Gasteiger partial charge in [0, 0.05) is 51.5 Å². The molecule has 32 heavy (non-hydrogen) atoms. The van der Waals surface area contributed by atoms with Crippen molar-refractivity contribution in [2.45, 2.75) is 24.5 Å². The van der Waals surface area contributed by atoms with E-state index in [1.165, 1.54) is 0 Å². The maximum Gasteiger partial charge on any atom is 0.490 e. The van der Waals surface area contributed by atoms with E-state index in [9.17, 15) is 31.4 Å². The van der Waals surface area contributed by atoms with Crippen LogP contribution in [0, 0.1) is 0 Å². The number of piperazine rings is 1. The Bertz CT molecular complexity index is 702. The summed E-state index contributed by atoms with van der Waals surface area (Å²) in [7, 11) is 0. The van der Waals surface area contributed by atoms with E-state index in [1.807, 2.05) is 18.3 Å². The first-order valence-corrected chi connectivity index (χ1v) is 9.12. The van der Waals surface area contributed by atoms with Gasteiger partial charge in [0.1, 0.15) is 5.82 Å². The predicted molar refractivity (Wildman–Crippen MR) is 98.1 cm³/mol. The van der Waals surface area contributed by atoms with E-state index in [4.69, 9.17) is 19.8 Å². The summed E-state index contributed by atoms with van der Waals surface area (Å²) in [5, 5.41) is 27.4. The van der Waals surface area contributed by atoms with E-state index < -0.39 is 24.3 Å². The van der Waals surface area contributed by atoms with Crippen molar-refractivity contribution in [3.63, 3.8) is 0 Å². The minimum absolute atomic E-state index is 0.216. The highest BCUT2D eigenvalue weighted by Crippen LogP contribution is 2.17. The van der Waals surface area contributed by atoms with Crippen molar-refractivity contribution in [1.82, 2.24) is 15.2 Å². The van der Waals surface area contributed by atoms with Gasteiger partial charge in [-0.3, -0.25) is 4.90 Å². The number of carboxylic acid groups (broad SMARTS) is 2. The SMILES string of the molecule is O=C(O)C(F)(F)F.O=C(O)C(F)(F)F.O[C@H]1CNC[C@@H]1N1CCN(c2ccccn2)CC1. The fourth-order valence-electron chi connectivity index (χ4n) is 2.85. The molecule has 2 atom stereocenters. The number of nitrogens with one attached hydrogen (secondary N) is 1. The summed E-state index contributed by atoms with van der Waals surface area (Å²) in [4.78, 5) is 26.9. The minimum Gasteiger partial charge on any atom is -0.475 e. The van der Waals surface area contributed by atoms with Gasteiger partial charge in [0.25, 0.3) is 0 Å². The van der Waals surface area contributed by atoms with Crippen molar-refractivity contribution in [1.29, 1.82) is 0 Å². The average Bonchev–Trinajstić information content (AvgIpc) is 3.14. The maximum atomic E-state index is 10.6. The highest BCUT2D eigenvalue weighted by atomic mass is 19.4. The van der Waals surface area contributed by atoms with Crippen molar-refractivity contribution in [3.8, 4) is 0 Å². The number of aliphatic carboxylic acids is 2. The third kappa shape index (κ3) is 9.23. The number of rotatable bonds is 2. The number of aliphatic hydroxyl groups excluding tert-OH is 1. The summed E-state index contributed by atoms with van der Waals surface area (Å²) in [5.41, 5.74) is 0. The van der Waals surface area contributed by atoms with E-state index >= 15 is 0 Å². The Balaban J connectivity index is 0.000000305. The van der Waals surface area contributed by atoms with Crippen molar-refractivity contribution < 1.29 is 51.3 Å². The fraction of sp³-hybridized carbons (Fsp3) is 0.588. The first kappa shape index (κ1) is 27.4. The van der Waals surface area contributed by atoms with Crippen LogP contribution in [0.15, 0.2) is 24.4 Å². The van der Waals surface area contributed by atoms with Gasteiger partial charge in [0.2, 0.25) is 0 Å². The molecule has 0 bridgehead atoms. The first-order valence-electron chi connectivity index (χ1n) is 9.12. The number of aliphatic hydroxyl groups is 1. The van der Waals surface area contributed by atoms with E-state index in [2.05, 4.69) is 26.2 Å². The number of alkyl halides is 6. The monoisotopic (exact) mass is 476 g/mol. The number of halogens is 6. The van der Waals surface area contributed by atoms with Gasteiger partial charge in [-0.1, -0.05) is 6.07 Å². The Kier molecular flexibility index (Phi) is 10.1. The zero-order chi connectivity index (χ0) is 24.5. The standard InChI is InChI=1S/C13H20N4O.2C2HF3O2/c18-12-10-14-9-11(12)16-5-7-17(8-6-16)13-3-1-2-4-15-13;2*3-2(4,5)1(6)7/h1-4,11-12,14,18H,5-10H2;2*(H,6,7)/t11-,12-;;/m0../s1. The molecule has 1 aromatic rings. The molecule has 0 spiro atoms. The number of nitrogens with zero attached hydrogens (tertiary/aromatic N) is 3. The quantitative estimate of drug-likeness (QED) is 0.459. The van der Waals surface area contributed by atoms with Crippen LogP contribution in [0.4, 0.5) is 32.2 Å². The summed E-state index contributed by atoms with van der Waals surface area (Å²) in [5.74, 6) is -4.46. The molecule has 182 valence electrons. The normalized spacial score (nSPS) is 21.7. The summed E-state index contributed by atoms with van der Waals surface area (Å²) >= 11 is 0. The molecule has 0 aromatic carbocycles. The third-order valence-electron chi connectivity index (χ3n) is 4.39. The number of carboxylic acids is 2. The van der Waals surface area contributed by atoms with Crippen molar-refractivity contribution in [3.05, 3.63) is 24.4 Å². The highest BCUT2D eigenvalue weighted by Gasteiger charge is 2.39. The number of carbonyl (C=O) groups is 2. The molecular weight excluding hydrogens is 454 g/mol. The van der Waals surface area contributed by atoms with Gasteiger partial charge in [-0.25, -0.2) is 14.6 Å². The average molecular weight is 476 g/mol. The van der Waals surface area contributed by atoms with E-state index in [0.29, 0.717) is 0 Å². The van der Waals surface area contributed by atoms with Gasteiger partial charge in [-0.05, 0) is 12.1 Å². The maximum absolute atomic E-state index is 10.6. The van der Waals surface area contributed by atoms with Crippen LogP contribution < -0.4 is 10.2 Å². The van der Waals surface area contributed by atoms with Crippen LogP contribution in [0.25, 0.3) is 0 Å². The Morgan fingerprint density at radius 3 is 1.78 bits per heavy atom. The molecule has 0 radical (unpaired) electrons. The molecule has 4 N–H and O–H groups in total. The van der Waals surface area contributed by atoms with Crippen LogP contribution in [0.3, 0.4) is 0 Å². The smallest absolute Gasteiger partial charge is 0.475 e. The second-order valence-electron chi connectivity index (χ2n) is 6.61. The van der Waals surface area contributed by atoms with Gasteiger partial charge in [-0.15, -0.1) is 0 Å². The Morgan fingerprint density at radius 1 is 0.938 bits per heavy atom. The Hall–Kier alpha value is -2.65. The number of β-amino-alcohol motifs (C(OH)–C–C–N with tert-alkyl or cyclic N) is 1. The molecule has 2 saturated heterocycles. The molecule has 0 aliphatic carbocycles. The molecule has 0 saturated carbocycles. The van der Waals surface area contributed by atoms with Gasteiger partial charge < -0.3 is 25.5 Å². The largest absolute Gasteiger partial charge is 0.490 e. The van der Waals surface area contributed by atoms with Crippen LogP contribution >= 0.6 is 0 Å². The summed E-state index contributed by atoms with van der Waals surface area (Å²) < 4.78 is 63.5. The molecule has 9 nitrogen and oxygen atoms in total. The fourth-order valence-corrected chi connectivity index (χ4v) is 2.85. The minimum atomic E-state index is -5.08. The van der Waals surface area contributed by atoms with Crippen LogP contribution in [0.5, 0.6) is 0 Å². The molecule has 2 aliphatic heterocycles. The molecule has 0 unspecified atom stereocenters. The lowest BCUT2D eigenvalue weighted by atomic mass is 10.1. The number of anilines is 1. The number of aromatic nitrogens is 1. The molecule has 1 aromatic heterocycles. The highest BCUT2D eigenvalue weighted by molar-refractivity contribution is 5.73. The number of hydrogen-bond acceptors (Lipinski definition) is 7. The molecule has 3 rings (SSSR count). The van der Waals surface area contributed by atoms with Crippen molar-refractivity contribution in [2.75, 3.05) is 44.2 Å². The second-order valence-corrected chi connectivity index (χ2v) is 6.61. The van der Waals surface area contributed by atoms with Crippen LogP contribution in [-0.4, -0.2) is 101 Å². The predicted octanol–water partition coefficient (Wildman–Crippen LogP) is 0.803. The van der Waals surface area contributed by atoms with Crippen LogP contribution in [-0.2, 0) is 9.59 Å². The topological polar surface area (TPSA) is 126 Å². The molecule has 15 heteroatoms. The Labute approximate surface area is 178 Å². The summed E-state index contributed by atoms with van der Waals surface area (Å²) in [6.45, 7) is 5.61. The summed E-state index contributed by atoms with van der Waals surface area (Å²) in [6, 6.07) is 6.32. The van der Waals surface area contributed by atoms with E-state index in [0.717, 1.165) is 45.1 Å².